The van der Waals surface area contributed by atoms with E-state index in [2.05, 4.69) is 37.9 Å². The first-order chi connectivity index (χ1) is 15.2. The third-order valence-electron chi connectivity index (χ3n) is 4.93. The lowest BCUT2D eigenvalue weighted by Gasteiger charge is -2.18. The van der Waals surface area contributed by atoms with Gasteiger partial charge in [0.25, 0.3) is 0 Å². The zero-order valence-corrected chi connectivity index (χ0v) is 16.9. The summed E-state index contributed by atoms with van der Waals surface area (Å²) in [4.78, 5) is 11.8. The fraction of sp³-hybridized carbons (Fsp3) is 0.227. The molecule has 2 aromatic carbocycles. The molecule has 4 aromatic rings. The highest BCUT2D eigenvalue weighted by Gasteiger charge is 2.25. The van der Waals surface area contributed by atoms with Gasteiger partial charge >= 0.3 is 0 Å². The van der Waals surface area contributed by atoms with Gasteiger partial charge in [-0.3, -0.25) is 9.48 Å². The summed E-state index contributed by atoms with van der Waals surface area (Å²) in [5.41, 5.74) is 8.50. The van der Waals surface area contributed by atoms with Crippen LogP contribution >= 0.6 is 0 Å². The van der Waals surface area contributed by atoms with Crippen LogP contribution in [0.5, 0.6) is 5.75 Å². The number of primary amides is 1. The van der Waals surface area contributed by atoms with Crippen LogP contribution in [-0.4, -0.2) is 42.9 Å². The maximum absolute atomic E-state index is 11.8. The van der Waals surface area contributed by atoms with Gasteiger partial charge in [-0.05, 0) is 23.3 Å². The summed E-state index contributed by atoms with van der Waals surface area (Å²) < 4.78 is 8.03. The van der Waals surface area contributed by atoms with E-state index in [1.165, 1.54) is 5.56 Å². The van der Waals surface area contributed by atoms with E-state index in [-0.39, 0.29) is 6.42 Å². The number of carbonyl (C=O) groups is 1. The topological polar surface area (TPSA) is 125 Å². The lowest BCUT2D eigenvalue weighted by atomic mass is 9.92. The average Bonchev–Trinajstić information content (AvgIpc) is 3.48. The lowest BCUT2D eigenvalue weighted by Crippen LogP contribution is -2.18. The van der Waals surface area contributed by atoms with Crippen molar-refractivity contribution in [1.29, 1.82) is 0 Å². The van der Waals surface area contributed by atoms with E-state index in [1.54, 1.807) is 6.20 Å². The van der Waals surface area contributed by atoms with E-state index in [9.17, 15) is 4.79 Å². The molecule has 0 saturated carbocycles. The summed E-state index contributed by atoms with van der Waals surface area (Å²) in [6.07, 6.45) is 4.45. The molecule has 9 nitrogen and oxygen atoms in total. The number of aromatic amines is 1. The van der Waals surface area contributed by atoms with Crippen molar-refractivity contribution in [2.75, 3.05) is 6.61 Å². The Labute approximate surface area is 179 Å². The van der Waals surface area contributed by atoms with E-state index in [4.69, 9.17) is 10.5 Å². The number of rotatable bonds is 10. The van der Waals surface area contributed by atoms with E-state index in [0.717, 1.165) is 17.5 Å². The van der Waals surface area contributed by atoms with Gasteiger partial charge in [0.05, 0.1) is 19.1 Å². The van der Waals surface area contributed by atoms with Crippen LogP contribution in [0.4, 0.5) is 0 Å². The van der Waals surface area contributed by atoms with Crippen molar-refractivity contribution in [2.24, 2.45) is 5.73 Å². The molecule has 0 aliphatic rings. The molecular weight excluding hydrogens is 394 g/mol. The summed E-state index contributed by atoms with van der Waals surface area (Å²) in [6.45, 7) is 1.09. The monoisotopic (exact) mass is 417 g/mol. The van der Waals surface area contributed by atoms with E-state index >= 15 is 0 Å². The first-order valence-corrected chi connectivity index (χ1v) is 9.97. The molecule has 0 radical (unpaired) electrons. The molecule has 0 saturated heterocycles. The van der Waals surface area contributed by atoms with Gasteiger partial charge in [-0.15, -0.1) is 10.2 Å². The van der Waals surface area contributed by atoms with Crippen LogP contribution in [0.3, 0.4) is 0 Å². The molecule has 2 aromatic heterocycles. The minimum Gasteiger partial charge on any atom is -0.493 e. The Balaban J connectivity index is 1.62. The van der Waals surface area contributed by atoms with E-state index < -0.39 is 11.8 Å². The van der Waals surface area contributed by atoms with Crippen LogP contribution in [0.1, 0.15) is 34.9 Å². The van der Waals surface area contributed by atoms with Gasteiger partial charge < -0.3 is 10.5 Å². The summed E-state index contributed by atoms with van der Waals surface area (Å²) in [6, 6.07) is 17.9. The Morgan fingerprint density at radius 2 is 2.00 bits per heavy atom. The number of tetrazole rings is 1. The molecule has 9 heteroatoms. The number of nitrogens with zero attached hydrogens (tertiary/aromatic N) is 5. The highest BCUT2D eigenvalue weighted by Crippen LogP contribution is 2.33. The maximum atomic E-state index is 11.8. The number of nitrogens with two attached hydrogens (primary N) is 1. The van der Waals surface area contributed by atoms with Crippen molar-refractivity contribution < 1.29 is 9.53 Å². The van der Waals surface area contributed by atoms with E-state index in [0.29, 0.717) is 24.7 Å². The molecule has 0 fully saturated rings. The third-order valence-corrected chi connectivity index (χ3v) is 4.93. The number of aromatic nitrogens is 6. The summed E-state index contributed by atoms with van der Waals surface area (Å²) in [5, 5.41) is 18.5. The zero-order chi connectivity index (χ0) is 21.5. The van der Waals surface area contributed by atoms with Crippen molar-refractivity contribution in [1.82, 2.24) is 30.4 Å². The van der Waals surface area contributed by atoms with Crippen molar-refractivity contribution in [3.63, 3.8) is 0 Å². The molecule has 158 valence electrons. The molecule has 0 aliphatic carbocycles. The van der Waals surface area contributed by atoms with Gasteiger partial charge in [-0.2, -0.15) is 10.3 Å². The summed E-state index contributed by atoms with van der Waals surface area (Å²) >= 11 is 0. The van der Waals surface area contributed by atoms with Crippen molar-refractivity contribution in [2.45, 2.75) is 25.3 Å². The summed E-state index contributed by atoms with van der Waals surface area (Å²) in [5.74, 6) is 0.149. The Morgan fingerprint density at radius 1 is 1.13 bits per heavy atom. The van der Waals surface area contributed by atoms with Crippen LogP contribution in [0, 0.1) is 0 Å². The van der Waals surface area contributed by atoms with E-state index in [1.807, 2.05) is 53.3 Å². The molecule has 4 rings (SSSR count). The minimum atomic E-state index is -0.457. The third kappa shape index (κ3) is 5.33. The van der Waals surface area contributed by atoms with Gasteiger partial charge in [0.15, 0.2) is 5.82 Å². The number of hydrogen-bond acceptors (Lipinski definition) is 6. The van der Waals surface area contributed by atoms with Crippen LogP contribution in [0.2, 0.25) is 0 Å². The van der Waals surface area contributed by atoms with Crippen molar-refractivity contribution in [3.8, 4) is 5.75 Å². The van der Waals surface area contributed by atoms with Crippen LogP contribution in [-0.2, 0) is 17.8 Å². The minimum absolute atomic E-state index is 0.0487. The second-order valence-electron chi connectivity index (χ2n) is 7.15. The van der Waals surface area contributed by atoms with Crippen molar-refractivity contribution in [3.05, 3.63) is 89.5 Å². The number of H-pyrrole nitrogens is 1. The molecule has 31 heavy (non-hydrogen) atoms. The molecule has 0 bridgehead atoms. The SMILES string of the molecule is NC(=O)CC(c1nn[nH]n1)c1ccc(Cn2cccn2)cc1OCCc1ccccc1. The van der Waals surface area contributed by atoms with Crippen molar-refractivity contribution >= 4 is 5.91 Å². The lowest BCUT2D eigenvalue weighted by molar-refractivity contribution is -0.118. The van der Waals surface area contributed by atoms with Gasteiger partial charge in [0.1, 0.15) is 5.75 Å². The molecule has 0 aliphatic heterocycles. The Bertz CT molecular complexity index is 1100. The molecular formula is C22H23N7O2. The fourth-order valence-electron chi connectivity index (χ4n) is 3.45. The number of amides is 1. The molecule has 1 unspecified atom stereocenters. The molecule has 0 spiro atoms. The smallest absolute Gasteiger partial charge is 0.218 e. The predicted octanol–water partition coefficient (Wildman–Crippen LogP) is 2.07. The second kappa shape index (κ2) is 9.66. The number of hydrogen-bond donors (Lipinski definition) is 2. The highest BCUT2D eigenvalue weighted by molar-refractivity contribution is 5.75. The van der Waals surface area contributed by atoms with Crippen LogP contribution in [0.15, 0.2) is 67.0 Å². The number of carbonyl (C=O) groups excluding carboxylic acids is 1. The Morgan fingerprint density at radius 3 is 2.71 bits per heavy atom. The maximum Gasteiger partial charge on any atom is 0.218 e. The second-order valence-corrected chi connectivity index (χ2v) is 7.15. The number of ether oxygens (including phenoxy) is 1. The standard InChI is InChI=1S/C22H23N7O2/c23-21(30)14-19(22-25-27-28-26-22)18-8-7-17(15-29-11-4-10-24-29)13-20(18)31-12-9-16-5-2-1-3-6-16/h1-8,10-11,13,19H,9,12,14-15H2,(H2,23,30)(H,25,26,27,28). The number of nitrogens with one attached hydrogen (secondary N) is 1. The predicted molar refractivity (Wildman–Crippen MR) is 113 cm³/mol. The largest absolute Gasteiger partial charge is 0.493 e. The van der Waals surface area contributed by atoms with Crippen LogP contribution < -0.4 is 10.5 Å². The Kier molecular flexibility index (Phi) is 6.32. The molecule has 3 N–H and O–H groups in total. The average molecular weight is 417 g/mol. The van der Waals surface area contributed by atoms with Crippen LogP contribution in [0.25, 0.3) is 0 Å². The molecule has 2 heterocycles. The van der Waals surface area contributed by atoms with Gasteiger partial charge in [-0.25, -0.2) is 0 Å². The first kappa shape index (κ1) is 20.3. The first-order valence-electron chi connectivity index (χ1n) is 9.97. The zero-order valence-electron chi connectivity index (χ0n) is 16.9. The normalized spacial score (nSPS) is 11.9. The van der Waals surface area contributed by atoms with Gasteiger partial charge in [0.2, 0.25) is 5.91 Å². The van der Waals surface area contributed by atoms with Gasteiger partial charge in [-0.1, -0.05) is 47.7 Å². The highest BCUT2D eigenvalue weighted by atomic mass is 16.5. The summed E-state index contributed by atoms with van der Waals surface area (Å²) in [7, 11) is 0. The number of benzene rings is 2. The Hall–Kier alpha value is -4.01. The quantitative estimate of drug-likeness (QED) is 0.407. The fourth-order valence-corrected chi connectivity index (χ4v) is 3.45. The van der Waals surface area contributed by atoms with Gasteiger partial charge in [0, 0.05) is 30.8 Å². The molecule has 1 amide bonds. The molecule has 1 atom stereocenters.